The van der Waals surface area contributed by atoms with Gasteiger partial charge < -0.3 is 15.4 Å². The minimum Gasteiger partial charge on any atom is -0.373 e. The van der Waals surface area contributed by atoms with Crippen LogP contribution in [0.1, 0.15) is 32.4 Å². The minimum atomic E-state index is -2.74. The van der Waals surface area contributed by atoms with Crippen LogP contribution in [-0.2, 0) is 11.8 Å². The van der Waals surface area contributed by atoms with Crippen molar-refractivity contribution in [2.24, 2.45) is 7.05 Å². The molecule has 1 saturated heterocycles. The van der Waals surface area contributed by atoms with Gasteiger partial charge in [0.1, 0.15) is 0 Å². The van der Waals surface area contributed by atoms with Gasteiger partial charge in [-0.1, -0.05) is 0 Å². The summed E-state index contributed by atoms with van der Waals surface area (Å²) in [5, 5.41) is 8.77. The number of rotatable bonds is 3. The number of ether oxygens (including phenoxy) is 1. The van der Waals surface area contributed by atoms with Crippen molar-refractivity contribution >= 4 is 11.7 Å². The summed E-state index contributed by atoms with van der Waals surface area (Å²) in [6, 6.07) is -0.697. The van der Waals surface area contributed by atoms with E-state index in [1.807, 2.05) is 13.8 Å². The third kappa shape index (κ3) is 3.06. The summed E-state index contributed by atoms with van der Waals surface area (Å²) in [4.78, 5) is 11.9. The van der Waals surface area contributed by atoms with E-state index in [0.29, 0.717) is 13.0 Å². The average molecular weight is 288 g/mol. The average Bonchev–Trinajstić information content (AvgIpc) is 2.83. The molecule has 1 unspecified atom stereocenters. The molecule has 2 rings (SSSR count). The van der Waals surface area contributed by atoms with E-state index in [1.165, 1.54) is 17.9 Å². The summed E-state index contributed by atoms with van der Waals surface area (Å²) in [7, 11) is 1.52. The lowest BCUT2D eigenvalue weighted by atomic mass is 9.99. The van der Waals surface area contributed by atoms with E-state index in [1.54, 1.807) is 0 Å². The first-order chi connectivity index (χ1) is 9.29. The molecule has 0 aliphatic carbocycles. The van der Waals surface area contributed by atoms with Gasteiger partial charge in [0, 0.05) is 19.9 Å². The number of hydrogen-bond acceptors (Lipinski definition) is 3. The van der Waals surface area contributed by atoms with Crippen molar-refractivity contribution in [1.29, 1.82) is 0 Å². The van der Waals surface area contributed by atoms with Gasteiger partial charge in [-0.15, -0.1) is 0 Å². The highest BCUT2D eigenvalue weighted by Crippen LogP contribution is 2.26. The molecule has 1 atom stereocenters. The number of urea groups is 1. The summed E-state index contributed by atoms with van der Waals surface area (Å²) in [5.74, 6) is 0. The fourth-order valence-electron chi connectivity index (χ4n) is 2.21. The maximum atomic E-state index is 12.8. The number of amides is 2. The molecule has 1 aliphatic heterocycles. The van der Waals surface area contributed by atoms with Gasteiger partial charge in [-0.25, -0.2) is 13.6 Å². The normalized spacial score (nSPS) is 21.2. The molecular weight excluding hydrogens is 270 g/mol. The van der Waals surface area contributed by atoms with Gasteiger partial charge in [0.15, 0.2) is 5.69 Å². The van der Waals surface area contributed by atoms with Crippen LogP contribution in [-0.4, -0.2) is 34.1 Å². The van der Waals surface area contributed by atoms with Crippen LogP contribution in [0.3, 0.4) is 0 Å². The lowest BCUT2D eigenvalue weighted by Crippen LogP contribution is -2.47. The fourth-order valence-corrected chi connectivity index (χ4v) is 2.21. The molecule has 112 valence electrons. The third-order valence-corrected chi connectivity index (χ3v) is 3.34. The highest BCUT2D eigenvalue weighted by Gasteiger charge is 2.36. The lowest BCUT2D eigenvalue weighted by molar-refractivity contribution is 0.0238. The summed E-state index contributed by atoms with van der Waals surface area (Å²) in [5.41, 5.74) is -0.890. The zero-order valence-electron chi connectivity index (χ0n) is 11.6. The molecule has 0 saturated carbocycles. The predicted molar refractivity (Wildman–Crippen MR) is 68.8 cm³/mol. The van der Waals surface area contributed by atoms with Crippen molar-refractivity contribution in [1.82, 2.24) is 15.1 Å². The van der Waals surface area contributed by atoms with Crippen LogP contribution in [0.4, 0.5) is 19.3 Å². The van der Waals surface area contributed by atoms with Crippen LogP contribution in [0.5, 0.6) is 0 Å². The second-order valence-electron chi connectivity index (χ2n) is 5.29. The van der Waals surface area contributed by atoms with E-state index in [0.717, 1.165) is 0 Å². The van der Waals surface area contributed by atoms with E-state index in [-0.39, 0.29) is 11.7 Å². The Balaban J connectivity index is 2.02. The highest BCUT2D eigenvalue weighted by atomic mass is 19.3. The van der Waals surface area contributed by atoms with Crippen molar-refractivity contribution in [3.63, 3.8) is 0 Å². The van der Waals surface area contributed by atoms with Crippen LogP contribution in [0.15, 0.2) is 6.20 Å². The quantitative estimate of drug-likeness (QED) is 0.894. The molecule has 0 radical (unpaired) electrons. The second kappa shape index (κ2) is 5.35. The highest BCUT2D eigenvalue weighted by molar-refractivity contribution is 5.90. The van der Waals surface area contributed by atoms with Crippen molar-refractivity contribution < 1.29 is 18.3 Å². The van der Waals surface area contributed by atoms with E-state index in [2.05, 4.69) is 15.7 Å². The minimum absolute atomic E-state index is 0.0109. The van der Waals surface area contributed by atoms with E-state index < -0.39 is 23.8 Å². The summed E-state index contributed by atoms with van der Waals surface area (Å²) < 4.78 is 32.2. The zero-order chi connectivity index (χ0) is 14.9. The first kappa shape index (κ1) is 14.7. The van der Waals surface area contributed by atoms with E-state index in [9.17, 15) is 13.6 Å². The van der Waals surface area contributed by atoms with Gasteiger partial charge in [-0.05, 0) is 20.3 Å². The number of nitrogens with zero attached hydrogens (tertiary/aromatic N) is 2. The van der Waals surface area contributed by atoms with Crippen LogP contribution in [0.2, 0.25) is 0 Å². The van der Waals surface area contributed by atoms with E-state index >= 15 is 0 Å². The molecule has 1 aromatic heterocycles. The molecule has 20 heavy (non-hydrogen) atoms. The molecule has 1 aliphatic rings. The van der Waals surface area contributed by atoms with Gasteiger partial charge in [0.25, 0.3) is 6.43 Å². The monoisotopic (exact) mass is 288 g/mol. The Morgan fingerprint density at radius 1 is 1.60 bits per heavy atom. The van der Waals surface area contributed by atoms with E-state index in [4.69, 9.17) is 4.74 Å². The first-order valence-electron chi connectivity index (χ1n) is 6.33. The first-order valence-corrected chi connectivity index (χ1v) is 6.33. The Hall–Kier alpha value is -1.70. The van der Waals surface area contributed by atoms with Crippen LogP contribution in [0.25, 0.3) is 0 Å². The van der Waals surface area contributed by atoms with Crippen LogP contribution in [0, 0.1) is 0 Å². The smallest absolute Gasteiger partial charge is 0.319 e. The Bertz CT molecular complexity index is 502. The van der Waals surface area contributed by atoms with Gasteiger partial charge >= 0.3 is 6.03 Å². The van der Waals surface area contributed by atoms with Gasteiger partial charge in [0.2, 0.25) is 0 Å². The van der Waals surface area contributed by atoms with Crippen LogP contribution < -0.4 is 10.6 Å². The van der Waals surface area contributed by atoms with Crippen molar-refractivity contribution in [2.75, 3.05) is 11.9 Å². The number of aryl methyl sites for hydroxylation is 1. The summed E-state index contributed by atoms with van der Waals surface area (Å²) in [6.07, 6.45) is -0.704. The topological polar surface area (TPSA) is 68.2 Å². The second-order valence-corrected chi connectivity index (χ2v) is 5.29. The van der Waals surface area contributed by atoms with Crippen molar-refractivity contribution in [3.8, 4) is 0 Å². The largest absolute Gasteiger partial charge is 0.373 e. The molecular formula is C12H18F2N4O2. The molecule has 1 aromatic rings. The molecule has 1 fully saturated rings. The molecule has 2 amide bonds. The number of anilines is 1. The molecule has 6 nitrogen and oxygen atoms in total. The Morgan fingerprint density at radius 3 is 2.85 bits per heavy atom. The number of nitrogens with one attached hydrogen (secondary N) is 2. The number of carbonyl (C=O) groups excluding carboxylic acids is 1. The molecule has 2 heterocycles. The molecule has 8 heteroatoms. The number of carbonyl (C=O) groups is 1. The standard InChI is InChI=1S/C12H18F2N4O2/c1-12(2)8(4-5-20-12)16-11(19)15-7-6-18(3)17-9(7)10(13)14/h6,8,10H,4-5H2,1-3H3,(H2,15,16,19). The Labute approximate surface area is 115 Å². The predicted octanol–water partition coefficient (Wildman–Crippen LogP) is 2.05. The maximum absolute atomic E-state index is 12.8. The van der Waals surface area contributed by atoms with Gasteiger partial charge in [-0.2, -0.15) is 5.10 Å². The fraction of sp³-hybridized carbons (Fsp3) is 0.667. The zero-order valence-corrected chi connectivity index (χ0v) is 11.6. The third-order valence-electron chi connectivity index (χ3n) is 3.34. The van der Waals surface area contributed by atoms with Crippen molar-refractivity contribution in [3.05, 3.63) is 11.9 Å². The molecule has 2 N–H and O–H groups in total. The molecule has 0 spiro atoms. The number of aromatic nitrogens is 2. The molecule has 0 bridgehead atoms. The Kier molecular flexibility index (Phi) is 3.94. The number of hydrogen-bond donors (Lipinski definition) is 2. The maximum Gasteiger partial charge on any atom is 0.319 e. The summed E-state index contributed by atoms with van der Waals surface area (Å²) >= 11 is 0. The van der Waals surface area contributed by atoms with Crippen molar-refractivity contribution in [2.45, 2.75) is 38.3 Å². The number of alkyl halides is 2. The Morgan fingerprint density at radius 2 is 2.30 bits per heavy atom. The lowest BCUT2D eigenvalue weighted by Gasteiger charge is -2.26. The van der Waals surface area contributed by atoms with Gasteiger partial charge in [-0.3, -0.25) is 4.68 Å². The van der Waals surface area contributed by atoms with Gasteiger partial charge in [0.05, 0.1) is 17.3 Å². The SMILES string of the molecule is Cn1cc(NC(=O)NC2CCOC2(C)C)c(C(F)F)n1. The van der Waals surface area contributed by atoms with Crippen LogP contribution >= 0.6 is 0 Å². The number of halogens is 2. The summed E-state index contributed by atoms with van der Waals surface area (Å²) in [6.45, 7) is 4.31. The molecule has 0 aromatic carbocycles.